The molecule has 23 heavy (non-hydrogen) atoms. The Bertz CT molecular complexity index is 454. The van der Waals surface area contributed by atoms with Gasteiger partial charge in [-0.05, 0) is 38.5 Å². The number of esters is 1. The molecule has 0 aliphatic heterocycles. The standard InChI is InChI=1S/C18H27NO4/c20-16(19-15-7-2-1-3-8-15)11-23-18(22)14-9-12-5-4-6-13(10-14)17(12)21/h12-15H,1-11H2,(H,19,20)/t12-,13-/m0/s1. The van der Waals surface area contributed by atoms with Crippen LogP contribution in [-0.4, -0.2) is 30.3 Å². The summed E-state index contributed by atoms with van der Waals surface area (Å²) < 4.78 is 5.22. The van der Waals surface area contributed by atoms with Gasteiger partial charge in [-0.3, -0.25) is 14.4 Å². The third-order valence-electron chi connectivity index (χ3n) is 5.70. The molecule has 0 aromatic rings. The van der Waals surface area contributed by atoms with Crippen LogP contribution in [0.5, 0.6) is 0 Å². The molecular weight excluding hydrogens is 294 g/mol. The topological polar surface area (TPSA) is 72.5 Å². The van der Waals surface area contributed by atoms with E-state index in [-0.39, 0.29) is 42.3 Å². The molecule has 3 rings (SSSR count). The quantitative estimate of drug-likeness (QED) is 0.807. The number of ether oxygens (including phenoxy) is 1. The van der Waals surface area contributed by atoms with Crippen molar-refractivity contribution < 1.29 is 19.1 Å². The Morgan fingerprint density at radius 3 is 2.26 bits per heavy atom. The second kappa shape index (κ2) is 7.45. The highest BCUT2D eigenvalue weighted by atomic mass is 16.5. The number of fused-ring (bicyclic) bond motifs is 2. The Kier molecular flexibility index (Phi) is 5.34. The molecule has 0 unspecified atom stereocenters. The number of carbonyl (C=O) groups is 3. The maximum atomic E-state index is 12.2. The molecular formula is C18H27NO4. The molecule has 3 fully saturated rings. The van der Waals surface area contributed by atoms with Gasteiger partial charge in [0.15, 0.2) is 6.61 Å². The maximum absolute atomic E-state index is 12.2. The summed E-state index contributed by atoms with van der Waals surface area (Å²) in [4.78, 5) is 36.2. The van der Waals surface area contributed by atoms with Crippen molar-refractivity contribution in [1.29, 1.82) is 0 Å². The zero-order valence-electron chi connectivity index (χ0n) is 13.7. The van der Waals surface area contributed by atoms with Gasteiger partial charge in [-0.2, -0.15) is 0 Å². The van der Waals surface area contributed by atoms with E-state index < -0.39 is 0 Å². The van der Waals surface area contributed by atoms with Gasteiger partial charge in [0.1, 0.15) is 5.78 Å². The highest BCUT2D eigenvalue weighted by molar-refractivity contribution is 5.88. The fourth-order valence-corrected chi connectivity index (χ4v) is 4.44. The van der Waals surface area contributed by atoms with Gasteiger partial charge in [0.05, 0.1) is 5.92 Å². The number of hydrogen-bond donors (Lipinski definition) is 1. The minimum Gasteiger partial charge on any atom is -0.455 e. The fraction of sp³-hybridized carbons (Fsp3) is 0.833. The predicted molar refractivity (Wildman–Crippen MR) is 84.5 cm³/mol. The number of rotatable bonds is 4. The van der Waals surface area contributed by atoms with E-state index >= 15 is 0 Å². The van der Waals surface area contributed by atoms with Gasteiger partial charge >= 0.3 is 5.97 Å². The van der Waals surface area contributed by atoms with Crippen molar-refractivity contribution in [3.63, 3.8) is 0 Å². The first-order chi connectivity index (χ1) is 11.1. The first kappa shape index (κ1) is 16.5. The third-order valence-corrected chi connectivity index (χ3v) is 5.70. The van der Waals surface area contributed by atoms with Gasteiger partial charge in [-0.1, -0.05) is 25.7 Å². The molecule has 3 aliphatic carbocycles. The largest absolute Gasteiger partial charge is 0.455 e. The highest BCUT2D eigenvalue weighted by Crippen LogP contribution is 2.40. The van der Waals surface area contributed by atoms with Crippen molar-refractivity contribution in [3.8, 4) is 0 Å². The summed E-state index contributed by atoms with van der Waals surface area (Å²) in [6.45, 7) is -0.185. The summed E-state index contributed by atoms with van der Waals surface area (Å²) in [5.74, 6) is -0.279. The van der Waals surface area contributed by atoms with Crippen LogP contribution in [0.25, 0.3) is 0 Å². The maximum Gasteiger partial charge on any atom is 0.309 e. The highest BCUT2D eigenvalue weighted by Gasteiger charge is 2.41. The van der Waals surface area contributed by atoms with E-state index in [2.05, 4.69) is 5.32 Å². The lowest BCUT2D eigenvalue weighted by atomic mass is 9.67. The molecule has 0 spiro atoms. The monoisotopic (exact) mass is 321 g/mol. The Labute approximate surface area is 137 Å². The van der Waals surface area contributed by atoms with E-state index in [1.54, 1.807) is 0 Å². The van der Waals surface area contributed by atoms with E-state index in [1.807, 2.05) is 0 Å². The van der Waals surface area contributed by atoms with Gasteiger partial charge in [0.2, 0.25) is 0 Å². The van der Waals surface area contributed by atoms with E-state index in [1.165, 1.54) is 6.42 Å². The lowest BCUT2D eigenvalue weighted by Crippen LogP contribution is -2.41. The lowest BCUT2D eigenvalue weighted by molar-refractivity contribution is -0.156. The molecule has 1 N–H and O–H groups in total. The minimum atomic E-state index is -0.298. The molecule has 0 heterocycles. The third kappa shape index (κ3) is 4.12. The predicted octanol–water partition coefficient (Wildman–Crippen LogP) is 2.37. The molecule has 5 heteroatoms. The van der Waals surface area contributed by atoms with Gasteiger partial charge < -0.3 is 10.1 Å². The summed E-state index contributed by atoms with van der Waals surface area (Å²) in [6, 6.07) is 0.238. The van der Waals surface area contributed by atoms with E-state index in [0.717, 1.165) is 44.9 Å². The van der Waals surface area contributed by atoms with Crippen molar-refractivity contribution in [2.45, 2.75) is 70.3 Å². The lowest BCUT2D eigenvalue weighted by Gasteiger charge is -2.36. The van der Waals surface area contributed by atoms with Crippen molar-refractivity contribution in [3.05, 3.63) is 0 Å². The zero-order valence-corrected chi connectivity index (χ0v) is 13.7. The molecule has 3 saturated carbocycles. The van der Waals surface area contributed by atoms with Crippen LogP contribution in [0.4, 0.5) is 0 Å². The van der Waals surface area contributed by atoms with Crippen LogP contribution in [0.3, 0.4) is 0 Å². The van der Waals surface area contributed by atoms with Crippen molar-refractivity contribution >= 4 is 17.7 Å². The van der Waals surface area contributed by atoms with Crippen molar-refractivity contribution in [2.24, 2.45) is 17.8 Å². The van der Waals surface area contributed by atoms with Crippen LogP contribution in [0.2, 0.25) is 0 Å². The summed E-state index contributed by atoms with van der Waals surface area (Å²) in [6.07, 6.45) is 9.71. The average molecular weight is 321 g/mol. The first-order valence-electron chi connectivity index (χ1n) is 9.13. The number of hydrogen-bond acceptors (Lipinski definition) is 4. The second-order valence-corrected chi connectivity index (χ2v) is 7.41. The molecule has 0 aromatic heterocycles. The Balaban J connectivity index is 1.42. The van der Waals surface area contributed by atoms with Gasteiger partial charge in [0.25, 0.3) is 5.91 Å². The number of ketones is 1. The van der Waals surface area contributed by atoms with E-state index in [9.17, 15) is 14.4 Å². The van der Waals surface area contributed by atoms with Gasteiger partial charge in [-0.15, -0.1) is 0 Å². The molecule has 2 atom stereocenters. The summed E-state index contributed by atoms with van der Waals surface area (Å²) in [5, 5.41) is 2.95. The zero-order chi connectivity index (χ0) is 16.2. The smallest absolute Gasteiger partial charge is 0.309 e. The molecule has 3 aliphatic rings. The van der Waals surface area contributed by atoms with Crippen LogP contribution in [0, 0.1) is 17.8 Å². The number of amides is 1. The van der Waals surface area contributed by atoms with Crippen LogP contribution in [-0.2, 0) is 19.1 Å². The van der Waals surface area contributed by atoms with Crippen LogP contribution < -0.4 is 5.32 Å². The Hall–Kier alpha value is -1.39. The molecule has 0 saturated heterocycles. The second-order valence-electron chi connectivity index (χ2n) is 7.41. The molecule has 2 bridgehead atoms. The first-order valence-corrected chi connectivity index (χ1v) is 9.13. The van der Waals surface area contributed by atoms with E-state index in [0.29, 0.717) is 18.6 Å². The molecule has 128 valence electrons. The average Bonchev–Trinajstić information content (AvgIpc) is 2.53. The number of carbonyl (C=O) groups excluding carboxylic acids is 3. The molecule has 1 amide bonds. The van der Waals surface area contributed by atoms with Crippen molar-refractivity contribution in [1.82, 2.24) is 5.32 Å². The van der Waals surface area contributed by atoms with Gasteiger partial charge in [-0.25, -0.2) is 0 Å². The minimum absolute atomic E-state index is 0.0381. The van der Waals surface area contributed by atoms with Crippen LogP contribution in [0.15, 0.2) is 0 Å². The van der Waals surface area contributed by atoms with Gasteiger partial charge in [0, 0.05) is 17.9 Å². The summed E-state index contributed by atoms with van der Waals surface area (Å²) in [5.41, 5.74) is 0. The molecule has 0 aromatic carbocycles. The number of nitrogens with one attached hydrogen (secondary N) is 1. The van der Waals surface area contributed by atoms with Crippen LogP contribution >= 0.6 is 0 Å². The normalized spacial score (nSPS) is 31.5. The molecule has 0 radical (unpaired) electrons. The van der Waals surface area contributed by atoms with E-state index in [4.69, 9.17) is 4.74 Å². The summed E-state index contributed by atoms with van der Waals surface area (Å²) >= 11 is 0. The Morgan fingerprint density at radius 2 is 1.61 bits per heavy atom. The fourth-order valence-electron chi connectivity index (χ4n) is 4.44. The van der Waals surface area contributed by atoms with Crippen molar-refractivity contribution in [2.75, 3.05) is 6.61 Å². The molecule has 5 nitrogen and oxygen atoms in total. The SMILES string of the molecule is O=C(COC(=O)C1C[C@@H]2CCC[C@@H](C1)C2=O)NC1CCCCC1. The Morgan fingerprint density at radius 1 is 0.957 bits per heavy atom. The summed E-state index contributed by atoms with van der Waals surface area (Å²) in [7, 11) is 0. The van der Waals surface area contributed by atoms with Crippen LogP contribution in [0.1, 0.15) is 64.2 Å². The number of Topliss-reactive ketones (excluding diaryl/α,β-unsaturated/α-hetero) is 1.